The maximum Gasteiger partial charge on any atom is 0.323 e. The van der Waals surface area contributed by atoms with Crippen LogP contribution in [0.3, 0.4) is 0 Å². The second-order valence-electron chi connectivity index (χ2n) is 6.09. The van der Waals surface area contributed by atoms with Gasteiger partial charge in [-0.05, 0) is 43.0 Å². The Hall–Kier alpha value is -2.08. The number of H-pyrrole nitrogens is 2. The van der Waals surface area contributed by atoms with Crippen molar-refractivity contribution >= 4 is 22.6 Å². The van der Waals surface area contributed by atoms with Gasteiger partial charge in [-0.2, -0.15) is 0 Å². The molecule has 0 saturated carbocycles. The number of hydrogen-bond donors (Lipinski definition) is 4. The van der Waals surface area contributed by atoms with Crippen LogP contribution < -0.4 is 16.7 Å². The Morgan fingerprint density at radius 3 is 2.67 bits per heavy atom. The molecule has 0 aliphatic rings. The topological polar surface area (TPSA) is 104 Å². The fourth-order valence-electron chi connectivity index (χ4n) is 2.30. The van der Waals surface area contributed by atoms with E-state index < -0.39 is 0 Å². The van der Waals surface area contributed by atoms with Crippen LogP contribution in [0.4, 0.5) is 5.69 Å². The molecule has 0 atom stereocenters. The Kier molecular flexibility index (Phi) is 4.47. The van der Waals surface area contributed by atoms with E-state index in [0.717, 1.165) is 18.4 Å². The van der Waals surface area contributed by atoms with Gasteiger partial charge in [0.1, 0.15) is 0 Å². The molecule has 6 nitrogen and oxygen atoms in total. The summed E-state index contributed by atoms with van der Waals surface area (Å²) in [5, 5.41) is 2.85. The fourth-order valence-corrected chi connectivity index (χ4v) is 2.30. The standard InChI is InChI=1S/C15H22N4O2/c1-15(2,7-8-16)6-5-13(20)17-10-3-4-11-12(9-10)19-14(21)18-11/h3-4,9H,5-8,16H2,1-2H3,(H,17,20)(H2,18,19,21). The third-order valence-electron chi connectivity index (χ3n) is 3.65. The molecule has 1 heterocycles. The average molecular weight is 290 g/mol. The van der Waals surface area contributed by atoms with Crippen molar-refractivity contribution < 1.29 is 4.79 Å². The van der Waals surface area contributed by atoms with Gasteiger partial charge in [-0.3, -0.25) is 4.79 Å². The van der Waals surface area contributed by atoms with Crippen molar-refractivity contribution in [3.8, 4) is 0 Å². The zero-order chi connectivity index (χ0) is 15.5. The van der Waals surface area contributed by atoms with Gasteiger partial charge < -0.3 is 21.0 Å². The van der Waals surface area contributed by atoms with Crippen LogP contribution >= 0.6 is 0 Å². The van der Waals surface area contributed by atoms with Gasteiger partial charge >= 0.3 is 5.69 Å². The average Bonchev–Trinajstić information content (AvgIpc) is 2.76. The highest BCUT2D eigenvalue weighted by molar-refractivity contribution is 5.92. The molecule has 1 amide bonds. The van der Waals surface area contributed by atoms with Crippen LogP contribution in [-0.4, -0.2) is 22.4 Å². The number of anilines is 1. The van der Waals surface area contributed by atoms with E-state index in [1.54, 1.807) is 18.2 Å². The Morgan fingerprint density at radius 1 is 1.24 bits per heavy atom. The summed E-state index contributed by atoms with van der Waals surface area (Å²) in [7, 11) is 0. The summed E-state index contributed by atoms with van der Waals surface area (Å²) in [5.41, 5.74) is 7.47. The fraction of sp³-hybridized carbons (Fsp3) is 0.467. The lowest BCUT2D eigenvalue weighted by Gasteiger charge is -2.23. The van der Waals surface area contributed by atoms with Gasteiger partial charge in [-0.25, -0.2) is 4.79 Å². The number of carbonyl (C=O) groups excluding carboxylic acids is 1. The number of nitrogens with two attached hydrogens (primary N) is 1. The van der Waals surface area contributed by atoms with Crippen LogP contribution in [0.1, 0.15) is 33.1 Å². The predicted molar refractivity (Wildman–Crippen MR) is 84.2 cm³/mol. The van der Waals surface area contributed by atoms with Crippen molar-refractivity contribution in [3.05, 3.63) is 28.7 Å². The molecule has 0 saturated heterocycles. The quantitative estimate of drug-likeness (QED) is 0.653. The van der Waals surface area contributed by atoms with E-state index in [1.165, 1.54) is 0 Å². The largest absolute Gasteiger partial charge is 0.330 e. The van der Waals surface area contributed by atoms with Crippen molar-refractivity contribution in [2.24, 2.45) is 11.1 Å². The lowest BCUT2D eigenvalue weighted by atomic mass is 9.84. The molecule has 0 unspecified atom stereocenters. The number of aromatic nitrogens is 2. The summed E-state index contributed by atoms with van der Waals surface area (Å²) in [6.07, 6.45) is 2.14. The first-order valence-corrected chi connectivity index (χ1v) is 7.12. The molecule has 1 aromatic carbocycles. The van der Waals surface area contributed by atoms with Crippen LogP contribution in [0, 0.1) is 5.41 Å². The van der Waals surface area contributed by atoms with Gasteiger partial charge in [0.05, 0.1) is 11.0 Å². The van der Waals surface area contributed by atoms with Gasteiger partial charge in [0.15, 0.2) is 0 Å². The first-order chi connectivity index (χ1) is 9.89. The first kappa shape index (κ1) is 15.3. The van der Waals surface area contributed by atoms with E-state index in [9.17, 15) is 9.59 Å². The molecule has 0 fully saturated rings. The van der Waals surface area contributed by atoms with Crippen molar-refractivity contribution in [1.29, 1.82) is 0 Å². The number of hydrogen-bond acceptors (Lipinski definition) is 3. The third kappa shape index (κ3) is 4.19. The number of benzene rings is 1. The highest BCUT2D eigenvalue weighted by atomic mass is 16.1. The van der Waals surface area contributed by atoms with Gasteiger partial charge in [0.25, 0.3) is 0 Å². The number of carbonyl (C=O) groups is 1. The molecule has 2 rings (SSSR count). The van der Waals surface area contributed by atoms with Gasteiger partial charge in [0.2, 0.25) is 5.91 Å². The Bertz CT molecular complexity index is 684. The monoisotopic (exact) mass is 290 g/mol. The number of nitrogens with one attached hydrogen (secondary N) is 3. The summed E-state index contributed by atoms with van der Waals surface area (Å²) in [6.45, 7) is 4.86. The van der Waals surface area contributed by atoms with Crippen molar-refractivity contribution in [3.63, 3.8) is 0 Å². The van der Waals surface area contributed by atoms with Crippen molar-refractivity contribution in [2.45, 2.75) is 33.1 Å². The second-order valence-corrected chi connectivity index (χ2v) is 6.09. The smallest absolute Gasteiger partial charge is 0.323 e. The molecule has 114 valence electrons. The number of aromatic amines is 2. The molecular weight excluding hydrogens is 268 g/mol. The van der Waals surface area contributed by atoms with Gasteiger partial charge in [-0.1, -0.05) is 13.8 Å². The Morgan fingerprint density at radius 2 is 1.95 bits per heavy atom. The molecule has 1 aromatic heterocycles. The summed E-state index contributed by atoms with van der Waals surface area (Å²) in [4.78, 5) is 28.5. The van der Waals surface area contributed by atoms with E-state index in [1.807, 2.05) is 0 Å². The number of rotatable bonds is 6. The zero-order valence-corrected chi connectivity index (χ0v) is 12.5. The molecule has 0 radical (unpaired) electrons. The lowest BCUT2D eigenvalue weighted by Crippen LogP contribution is -2.20. The van der Waals surface area contributed by atoms with E-state index >= 15 is 0 Å². The van der Waals surface area contributed by atoms with E-state index in [4.69, 9.17) is 5.73 Å². The number of imidazole rings is 1. The molecule has 0 bridgehead atoms. The molecule has 2 aromatic rings. The molecule has 21 heavy (non-hydrogen) atoms. The maximum absolute atomic E-state index is 12.0. The molecule has 0 spiro atoms. The molecule has 0 aliphatic heterocycles. The first-order valence-electron chi connectivity index (χ1n) is 7.12. The summed E-state index contributed by atoms with van der Waals surface area (Å²) in [5.74, 6) is -0.0303. The minimum Gasteiger partial charge on any atom is -0.330 e. The minimum absolute atomic E-state index is 0.0303. The van der Waals surface area contributed by atoms with Crippen LogP contribution in [0.2, 0.25) is 0 Å². The van der Waals surface area contributed by atoms with E-state index in [2.05, 4.69) is 29.1 Å². The SMILES string of the molecule is CC(C)(CCN)CCC(=O)Nc1ccc2[nH]c(=O)[nH]c2c1. The lowest BCUT2D eigenvalue weighted by molar-refractivity contribution is -0.116. The van der Waals surface area contributed by atoms with Crippen LogP contribution in [0.15, 0.2) is 23.0 Å². The number of amides is 1. The maximum atomic E-state index is 12.0. The van der Waals surface area contributed by atoms with E-state index in [0.29, 0.717) is 24.2 Å². The summed E-state index contributed by atoms with van der Waals surface area (Å²) >= 11 is 0. The third-order valence-corrected chi connectivity index (χ3v) is 3.65. The normalized spacial score (nSPS) is 11.8. The molecule has 6 heteroatoms. The van der Waals surface area contributed by atoms with Crippen LogP contribution in [0.5, 0.6) is 0 Å². The van der Waals surface area contributed by atoms with Crippen molar-refractivity contribution in [1.82, 2.24) is 9.97 Å². The molecule has 5 N–H and O–H groups in total. The van der Waals surface area contributed by atoms with Gasteiger partial charge in [0, 0.05) is 12.1 Å². The molecule has 0 aliphatic carbocycles. The zero-order valence-electron chi connectivity index (χ0n) is 12.5. The highest BCUT2D eigenvalue weighted by Gasteiger charge is 2.18. The van der Waals surface area contributed by atoms with E-state index in [-0.39, 0.29) is 17.0 Å². The van der Waals surface area contributed by atoms with Gasteiger partial charge in [-0.15, -0.1) is 0 Å². The summed E-state index contributed by atoms with van der Waals surface area (Å²) < 4.78 is 0. The van der Waals surface area contributed by atoms with Crippen LogP contribution in [0.25, 0.3) is 11.0 Å². The minimum atomic E-state index is -0.253. The second kappa shape index (κ2) is 6.13. The van der Waals surface area contributed by atoms with Crippen molar-refractivity contribution in [2.75, 3.05) is 11.9 Å². The predicted octanol–water partition coefficient (Wildman–Crippen LogP) is 1.95. The Balaban J connectivity index is 1.96. The van der Waals surface area contributed by atoms with Crippen LogP contribution in [-0.2, 0) is 4.79 Å². The highest BCUT2D eigenvalue weighted by Crippen LogP contribution is 2.26. The molecular formula is C15H22N4O2. The Labute approximate surface area is 123 Å². The summed E-state index contributed by atoms with van der Waals surface area (Å²) in [6, 6.07) is 5.28. The number of fused-ring (bicyclic) bond motifs is 1.